The summed E-state index contributed by atoms with van der Waals surface area (Å²) in [5, 5.41) is 5.75. The van der Waals surface area contributed by atoms with Gasteiger partial charge in [-0.25, -0.2) is 0 Å². The van der Waals surface area contributed by atoms with Crippen LogP contribution in [-0.4, -0.2) is 33.2 Å². The van der Waals surface area contributed by atoms with Gasteiger partial charge in [0.15, 0.2) is 11.5 Å². The first-order valence-corrected chi connectivity index (χ1v) is 6.14. The van der Waals surface area contributed by atoms with E-state index in [1.54, 1.807) is 26.4 Å². The number of benzene rings is 1. The van der Waals surface area contributed by atoms with Gasteiger partial charge in [0.05, 0.1) is 32.1 Å². The number of rotatable bonds is 7. The van der Waals surface area contributed by atoms with E-state index in [9.17, 15) is 4.79 Å². The van der Waals surface area contributed by atoms with Gasteiger partial charge in [0.2, 0.25) is 5.91 Å². The molecule has 0 aliphatic carbocycles. The predicted molar refractivity (Wildman–Crippen MR) is 75.7 cm³/mol. The fourth-order valence-corrected chi connectivity index (χ4v) is 1.55. The molecule has 1 rings (SSSR count). The van der Waals surface area contributed by atoms with Crippen molar-refractivity contribution in [2.45, 2.75) is 13.3 Å². The number of methoxy groups -OCH3 is 2. The van der Waals surface area contributed by atoms with E-state index in [0.717, 1.165) is 6.42 Å². The lowest BCUT2D eigenvalue weighted by atomic mass is 10.2. The van der Waals surface area contributed by atoms with E-state index in [1.807, 2.05) is 6.92 Å². The Balaban J connectivity index is 2.70. The van der Waals surface area contributed by atoms with Crippen molar-refractivity contribution in [3.05, 3.63) is 12.1 Å². The van der Waals surface area contributed by atoms with Gasteiger partial charge in [-0.2, -0.15) is 0 Å². The first kappa shape index (κ1) is 14.9. The molecule has 0 aliphatic rings. The number of carbonyl (C=O) groups is 1. The molecule has 0 bridgehead atoms. The van der Waals surface area contributed by atoms with Crippen LogP contribution in [-0.2, 0) is 4.79 Å². The Bertz CT molecular complexity index is 435. The summed E-state index contributed by atoms with van der Waals surface area (Å²) in [5.41, 5.74) is 7.02. The maximum atomic E-state index is 11.5. The number of hydrogen-bond donors (Lipinski definition) is 3. The highest BCUT2D eigenvalue weighted by molar-refractivity contribution is 5.82. The summed E-state index contributed by atoms with van der Waals surface area (Å²) in [5.74, 6) is 1.05. The minimum Gasteiger partial charge on any atom is -0.493 e. The van der Waals surface area contributed by atoms with Crippen LogP contribution in [0.25, 0.3) is 0 Å². The van der Waals surface area contributed by atoms with E-state index in [-0.39, 0.29) is 12.5 Å². The van der Waals surface area contributed by atoms with Gasteiger partial charge >= 0.3 is 0 Å². The zero-order valence-corrected chi connectivity index (χ0v) is 11.6. The molecule has 0 saturated heterocycles. The summed E-state index contributed by atoms with van der Waals surface area (Å²) in [6, 6.07) is 3.37. The van der Waals surface area contributed by atoms with Crippen LogP contribution >= 0.6 is 0 Å². The molecule has 6 heteroatoms. The quantitative estimate of drug-likeness (QED) is 0.647. The monoisotopic (exact) mass is 267 g/mol. The summed E-state index contributed by atoms with van der Waals surface area (Å²) >= 11 is 0. The Labute approximate surface area is 113 Å². The minimum absolute atomic E-state index is 0.0731. The van der Waals surface area contributed by atoms with E-state index in [1.165, 1.54) is 0 Å². The van der Waals surface area contributed by atoms with E-state index in [0.29, 0.717) is 29.4 Å². The molecule has 6 nitrogen and oxygen atoms in total. The van der Waals surface area contributed by atoms with Gasteiger partial charge in [-0.1, -0.05) is 6.92 Å². The third-order valence-corrected chi connectivity index (χ3v) is 2.57. The second-order valence-electron chi connectivity index (χ2n) is 4.00. The Hall–Kier alpha value is -2.11. The number of amides is 1. The smallest absolute Gasteiger partial charge is 0.239 e. The summed E-state index contributed by atoms with van der Waals surface area (Å²) in [6.45, 7) is 2.83. The highest BCUT2D eigenvalue weighted by Crippen LogP contribution is 2.34. The normalized spacial score (nSPS) is 9.84. The van der Waals surface area contributed by atoms with Crippen LogP contribution in [0.4, 0.5) is 11.4 Å². The van der Waals surface area contributed by atoms with Gasteiger partial charge in [0.25, 0.3) is 0 Å². The van der Waals surface area contributed by atoms with Crippen LogP contribution in [0.15, 0.2) is 12.1 Å². The summed E-state index contributed by atoms with van der Waals surface area (Å²) in [4.78, 5) is 11.5. The molecular formula is C13H21N3O3. The summed E-state index contributed by atoms with van der Waals surface area (Å²) < 4.78 is 10.3. The van der Waals surface area contributed by atoms with Crippen molar-refractivity contribution in [3.63, 3.8) is 0 Å². The number of hydrogen-bond acceptors (Lipinski definition) is 5. The van der Waals surface area contributed by atoms with E-state index >= 15 is 0 Å². The van der Waals surface area contributed by atoms with Crippen molar-refractivity contribution in [1.82, 2.24) is 5.32 Å². The van der Waals surface area contributed by atoms with Crippen molar-refractivity contribution in [1.29, 1.82) is 0 Å². The average molecular weight is 267 g/mol. The van der Waals surface area contributed by atoms with Crippen LogP contribution in [0.1, 0.15) is 13.3 Å². The standard InChI is InChI=1S/C13H21N3O3/c1-4-5-15-13(17)8-16-10-7-12(19-3)11(18-2)6-9(10)14/h6-7,16H,4-5,8,14H2,1-3H3,(H,15,17). The number of nitrogens with two attached hydrogens (primary N) is 1. The largest absolute Gasteiger partial charge is 0.493 e. The Morgan fingerprint density at radius 3 is 2.47 bits per heavy atom. The maximum absolute atomic E-state index is 11.5. The van der Waals surface area contributed by atoms with Crippen LogP contribution in [0.5, 0.6) is 11.5 Å². The van der Waals surface area contributed by atoms with E-state index < -0.39 is 0 Å². The molecular weight excluding hydrogens is 246 g/mol. The number of nitrogen functional groups attached to an aromatic ring is 1. The molecule has 0 aromatic heterocycles. The molecule has 106 valence electrons. The topological polar surface area (TPSA) is 85.6 Å². The summed E-state index contributed by atoms with van der Waals surface area (Å²) in [6.07, 6.45) is 0.907. The zero-order chi connectivity index (χ0) is 14.3. The lowest BCUT2D eigenvalue weighted by Crippen LogP contribution is -2.30. The molecule has 0 fully saturated rings. The van der Waals surface area contributed by atoms with E-state index in [4.69, 9.17) is 15.2 Å². The van der Waals surface area contributed by atoms with Gasteiger partial charge in [-0.05, 0) is 6.42 Å². The highest BCUT2D eigenvalue weighted by atomic mass is 16.5. The van der Waals surface area contributed by atoms with Crippen LogP contribution in [0.2, 0.25) is 0 Å². The number of carbonyl (C=O) groups excluding carboxylic acids is 1. The van der Waals surface area contributed by atoms with Gasteiger partial charge in [-0.15, -0.1) is 0 Å². The number of ether oxygens (including phenoxy) is 2. The van der Waals surface area contributed by atoms with Crippen molar-refractivity contribution < 1.29 is 14.3 Å². The first-order chi connectivity index (χ1) is 9.12. The maximum Gasteiger partial charge on any atom is 0.239 e. The van der Waals surface area contributed by atoms with Gasteiger partial charge < -0.3 is 25.8 Å². The summed E-state index contributed by atoms with van der Waals surface area (Å²) in [7, 11) is 3.09. The van der Waals surface area contributed by atoms with Crippen molar-refractivity contribution in [2.24, 2.45) is 0 Å². The molecule has 0 unspecified atom stereocenters. The molecule has 1 aromatic rings. The molecule has 1 aromatic carbocycles. The molecule has 4 N–H and O–H groups in total. The van der Waals surface area contributed by atoms with Crippen LogP contribution in [0.3, 0.4) is 0 Å². The lowest BCUT2D eigenvalue weighted by Gasteiger charge is -2.14. The molecule has 0 heterocycles. The predicted octanol–water partition coefficient (Wildman–Crippen LogP) is 1.22. The third kappa shape index (κ3) is 4.24. The fraction of sp³-hybridized carbons (Fsp3) is 0.462. The lowest BCUT2D eigenvalue weighted by molar-refractivity contribution is -0.119. The van der Waals surface area contributed by atoms with Gasteiger partial charge in [-0.3, -0.25) is 4.79 Å². The third-order valence-electron chi connectivity index (χ3n) is 2.57. The molecule has 0 radical (unpaired) electrons. The van der Waals surface area contributed by atoms with Crippen LogP contribution < -0.4 is 25.8 Å². The first-order valence-electron chi connectivity index (χ1n) is 6.14. The molecule has 0 saturated carbocycles. The SMILES string of the molecule is CCCNC(=O)CNc1cc(OC)c(OC)cc1N. The molecule has 0 aliphatic heterocycles. The van der Waals surface area contributed by atoms with Crippen molar-refractivity contribution in [2.75, 3.05) is 38.4 Å². The zero-order valence-electron chi connectivity index (χ0n) is 11.6. The van der Waals surface area contributed by atoms with Crippen molar-refractivity contribution in [3.8, 4) is 11.5 Å². The number of nitrogens with one attached hydrogen (secondary N) is 2. The molecule has 1 amide bonds. The fourth-order valence-electron chi connectivity index (χ4n) is 1.55. The Morgan fingerprint density at radius 1 is 1.26 bits per heavy atom. The number of anilines is 2. The van der Waals surface area contributed by atoms with E-state index in [2.05, 4.69) is 10.6 Å². The Kier molecular flexibility index (Phi) is 5.78. The minimum atomic E-state index is -0.0731. The van der Waals surface area contributed by atoms with Gasteiger partial charge in [0, 0.05) is 18.7 Å². The van der Waals surface area contributed by atoms with Crippen LogP contribution in [0, 0.1) is 0 Å². The van der Waals surface area contributed by atoms with Gasteiger partial charge in [0.1, 0.15) is 0 Å². The highest BCUT2D eigenvalue weighted by Gasteiger charge is 2.09. The molecule has 0 spiro atoms. The average Bonchev–Trinajstić information content (AvgIpc) is 2.43. The van der Waals surface area contributed by atoms with Crippen molar-refractivity contribution >= 4 is 17.3 Å². The second-order valence-corrected chi connectivity index (χ2v) is 4.00. The molecule has 19 heavy (non-hydrogen) atoms. The Morgan fingerprint density at radius 2 is 1.89 bits per heavy atom. The molecule has 0 atom stereocenters. The second kappa shape index (κ2) is 7.35.